The van der Waals surface area contributed by atoms with Crippen molar-refractivity contribution in [2.24, 2.45) is 0 Å². The Morgan fingerprint density at radius 3 is 2.48 bits per heavy atom. The molecule has 12 nitrogen and oxygen atoms in total. The van der Waals surface area contributed by atoms with Gasteiger partial charge in [0.15, 0.2) is 0 Å². The minimum atomic E-state index is -4.19. The smallest absolute Gasteiger partial charge is 0.390 e. The highest BCUT2D eigenvalue weighted by molar-refractivity contribution is 7.86. The van der Waals surface area contributed by atoms with Crippen LogP contribution in [0.5, 0.6) is 0 Å². The summed E-state index contributed by atoms with van der Waals surface area (Å²) in [7, 11) is -4.19. The number of ether oxygens (including phenoxy) is 1. The van der Waals surface area contributed by atoms with Gasteiger partial charge >= 0.3 is 5.95 Å². The molecule has 0 bridgehead atoms. The molecular formula is C16H19N3O9S. The lowest BCUT2D eigenvalue weighted by atomic mass is 9.98. The molecule has 29 heavy (non-hydrogen) atoms. The molecule has 2 heterocycles. The van der Waals surface area contributed by atoms with Crippen LogP contribution in [0.3, 0.4) is 0 Å². The van der Waals surface area contributed by atoms with E-state index in [1.165, 1.54) is 12.1 Å². The van der Waals surface area contributed by atoms with Gasteiger partial charge in [-0.15, -0.1) is 0 Å². The van der Waals surface area contributed by atoms with Gasteiger partial charge in [0.1, 0.15) is 36.8 Å². The normalized spacial score (nSPS) is 27.7. The molecule has 1 fully saturated rings. The average Bonchev–Trinajstić information content (AvgIpc) is 3.16. The van der Waals surface area contributed by atoms with Gasteiger partial charge in [-0.1, -0.05) is 22.7 Å². The minimum Gasteiger partial charge on any atom is -0.390 e. The molecule has 3 rings (SSSR count). The zero-order valence-electron chi connectivity index (χ0n) is 15.1. The number of aryl methyl sites for hydroxylation is 1. The molecule has 0 radical (unpaired) electrons. The van der Waals surface area contributed by atoms with Gasteiger partial charge in [0, 0.05) is 0 Å². The maximum Gasteiger partial charge on any atom is 0.436 e. The molecule has 1 aliphatic heterocycles. The minimum absolute atomic E-state index is 0.115. The van der Waals surface area contributed by atoms with Gasteiger partial charge in [0.05, 0.1) is 11.5 Å². The monoisotopic (exact) mass is 429 g/mol. The summed E-state index contributed by atoms with van der Waals surface area (Å²) in [5.74, 6) is -0.662. The molecule has 1 aromatic carbocycles. The second-order valence-corrected chi connectivity index (χ2v) is 8.10. The Balaban J connectivity index is 1.79. The lowest BCUT2D eigenvalue weighted by Crippen LogP contribution is -2.56. The van der Waals surface area contributed by atoms with E-state index >= 15 is 0 Å². The summed E-state index contributed by atoms with van der Waals surface area (Å²) in [6.45, 7) is 1.09. The van der Waals surface area contributed by atoms with Crippen molar-refractivity contribution in [3.8, 4) is 0 Å². The fourth-order valence-electron chi connectivity index (χ4n) is 2.87. The third-order valence-electron chi connectivity index (χ3n) is 4.47. The van der Waals surface area contributed by atoms with Gasteiger partial charge in [-0.05, 0) is 24.0 Å². The Kier molecular flexibility index (Phi) is 5.97. The average molecular weight is 429 g/mol. The summed E-state index contributed by atoms with van der Waals surface area (Å²) in [4.78, 5) is 13.7. The molecular weight excluding hydrogens is 410 g/mol. The number of hydrogen-bond donors (Lipinski definition) is 3. The summed E-state index contributed by atoms with van der Waals surface area (Å²) in [6.07, 6.45) is -5.85. The third-order valence-corrected chi connectivity index (χ3v) is 5.77. The molecule has 0 saturated carbocycles. The number of hydrogen-bond acceptors (Lipinski definition) is 10. The van der Waals surface area contributed by atoms with Crippen molar-refractivity contribution in [2.45, 2.75) is 42.5 Å². The first-order chi connectivity index (χ1) is 13.6. The number of rotatable bonds is 6. The molecule has 3 unspecified atom stereocenters. The molecule has 1 aliphatic rings. The maximum atomic E-state index is 12.3. The van der Waals surface area contributed by atoms with Crippen LogP contribution in [-0.4, -0.2) is 69.2 Å². The Bertz CT molecular complexity index is 976. The lowest BCUT2D eigenvalue weighted by molar-refractivity contribution is -0.400. The standard InChI is InChI=1S/C16H19N3O9S/c1-9-2-4-10(5-3-9)29(25,26)27-8-11-12(20)13(21)14(22)15(28-11)18-7-6-17-16(18)19(23)24/h2-7,11-15,20-22H,8H2,1H3/t11?,12-,13?,14?,15+/m0/s1. The summed E-state index contributed by atoms with van der Waals surface area (Å²) < 4.78 is 35.9. The maximum absolute atomic E-state index is 12.3. The summed E-state index contributed by atoms with van der Waals surface area (Å²) in [5, 5.41) is 41.5. The predicted octanol–water partition coefficient (Wildman–Crippen LogP) is -0.515. The van der Waals surface area contributed by atoms with E-state index in [1.807, 2.05) is 0 Å². The van der Waals surface area contributed by atoms with Crippen LogP contribution >= 0.6 is 0 Å². The largest absolute Gasteiger partial charge is 0.436 e. The Morgan fingerprint density at radius 1 is 1.21 bits per heavy atom. The first-order valence-corrected chi connectivity index (χ1v) is 9.85. The Labute approximate surface area is 165 Å². The molecule has 0 amide bonds. The second kappa shape index (κ2) is 8.14. The van der Waals surface area contributed by atoms with Crippen LogP contribution in [0.2, 0.25) is 0 Å². The van der Waals surface area contributed by atoms with Gasteiger partial charge in [0.2, 0.25) is 6.23 Å². The topological polar surface area (TPSA) is 174 Å². The van der Waals surface area contributed by atoms with Crippen molar-refractivity contribution in [3.05, 3.63) is 52.3 Å². The van der Waals surface area contributed by atoms with Crippen molar-refractivity contribution in [1.29, 1.82) is 0 Å². The molecule has 13 heteroatoms. The van der Waals surface area contributed by atoms with Crippen LogP contribution in [0.4, 0.5) is 5.95 Å². The van der Waals surface area contributed by atoms with Crippen molar-refractivity contribution in [2.75, 3.05) is 6.61 Å². The number of nitro groups is 1. The van der Waals surface area contributed by atoms with Gasteiger partial charge in [-0.2, -0.15) is 13.0 Å². The predicted molar refractivity (Wildman–Crippen MR) is 95.1 cm³/mol. The molecule has 2 aromatic rings. The third kappa shape index (κ3) is 4.29. The highest BCUT2D eigenvalue weighted by Crippen LogP contribution is 2.31. The first-order valence-electron chi connectivity index (χ1n) is 8.45. The van der Waals surface area contributed by atoms with Crippen LogP contribution in [0, 0.1) is 17.0 Å². The molecule has 1 saturated heterocycles. The van der Waals surface area contributed by atoms with Crippen molar-refractivity contribution in [3.63, 3.8) is 0 Å². The zero-order chi connectivity index (χ0) is 21.3. The van der Waals surface area contributed by atoms with Crippen LogP contribution < -0.4 is 0 Å². The van der Waals surface area contributed by atoms with E-state index in [9.17, 15) is 33.9 Å². The van der Waals surface area contributed by atoms with E-state index in [-0.39, 0.29) is 4.90 Å². The van der Waals surface area contributed by atoms with Crippen molar-refractivity contribution >= 4 is 16.1 Å². The number of aromatic nitrogens is 2. The van der Waals surface area contributed by atoms with E-state index in [2.05, 4.69) is 4.98 Å². The Morgan fingerprint density at radius 2 is 1.86 bits per heavy atom. The van der Waals surface area contributed by atoms with Crippen molar-refractivity contribution < 1.29 is 37.6 Å². The van der Waals surface area contributed by atoms with E-state index in [0.29, 0.717) is 0 Å². The zero-order valence-corrected chi connectivity index (χ0v) is 15.9. The van der Waals surface area contributed by atoms with Crippen LogP contribution in [0.15, 0.2) is 41.6 Å². The highest BCUT2D eigenvalue weighted by atomic mass is 32.2. The first kappa shape index (κ1) is 21.3. The molecule has 5 atom stereocenters. The number of benzene rings is 1. The van der Waals surface area contributed by atoms with E-state index in [1.54, 1.807) is 19.1 Å². The highest BCUT2D eigenvalue weighted by Gasteiger charge is 2.47. The number of imidazole rings is 1. The summed E-state index contributed by atoms with van der Waals surface area (Å²) in [5.41, 5.74) is 0.844. The molecule has 3 N–H and O–H groups in total. The van der Waals surface area contributed by atoms with Gasteiger partial charge < -0.3 is 30.2 Å². The van der Waals surface area contributed by atoms with Crippen molar-refractivity contribution in [1.82, 2.24) is 9.55 Å². The molecule has 158 valence electrons. The summed E-state index contributed by atoms with van der Waals surface area (Å²) >= 11 is 0. The van der Waals surface area contributed by atoms with Gasteiger partial charge in [-0.25, -0.2) is 0 Å². The van der Waals surface area contributed by atoms with Gasteiger partial charge in [-0.3, -0.25) is 4.18 Å². The van der Waals surface area contributed by atoms with Crippen LogP contribution in [-0.2, 0) is 19.0 Å². The van der Waals surface area contributed by atoms with E-state index in [4.69, 9.17) is 8.92 Å². The van der Waals surface area contributed by atoms with Crippen LogP contribution in [0.25, 0.3) is 0 Å². The van der Waals surface area contributed by atoms with E-state index in [0.717, 1.165) is 22.5 Å². The quantitative estimate of drug-likeness (QED) is 0.308. The van der Waals surface area contributed by atoms with E-state index < -0.39 is 58.2 Å². The Hall–Kier alpha value is -2.42. The molecule has 1 aromatic heterocycles. The number of aliphatic hydroxyl groups is 3. The second-order valence-electron chi connectivity index (χ2n) is 6.48. The summed E-state index contributed by atoms with van der Waals surface area (Å²) in [6, 6.07) is 5.85. The lowest BCUT2D eigenvalue weighted by Gasteiger charge is -2.39. The molecule has 0 aliphatic carbocycles. The number of nitrogens with zero attached hydrogens (tertiary/aromatic N) is 3. The van der Waals surface area contributed by atoms with Gasteiger partial charge in [0.25, 0.3) is 10.1 Å². The fraction of sp³-hybridized carbons (Fsp3) is 0.438. The van der Waals surface area contributed by atoms with Crippen LogP contribution in [0.1, 0.15) is 11.8 Å². The molecule has 0 spiro atoms. The number of aliphatic hydroxyl groups excluding tert-OH is 3. The SMILES string of the molecule is Cc1ccc(S(=O)(=O)OCC2O[C@@H](n3ccnc3[N+](=O)[O-])C(O)C(O)[C@H]2O)cc1. The fourth-order valence-corrected chi connectivity index (χ4v) is 3.79.